The number of carbonyl (C=O) groups excluding carboxylic acids is 4. The van der Waals surface area contributed by atoms with Crippen molar-refractivity contribution >= 4 is 23.5 Å². The van der Waals surface area contributed by atoms with E-state index in [0.717, 1.165) is 11.1 Å². The maximum atomic E-state index is 14.0. The van der Waals surface area contributed by atoms with Gasteiger partial charge in [0.05, 0.1) is 25.3 Å². The van der Waals surface area contributed by atoms with Crippen molar-refractivity contribution in [1.82, 2.24) is 15.5 Å². The summed E-state index contributed by atoms with van der Waals surface area (Å²) < 4.78 is 10.4. The summed E-state index contributed by atoms with van der Waals surface area (Å²) in [6.45, 7) is 5.82. The molecule has 0 aliphatic rings. The molecule has 0 bridgehead atoms. The normalized spacial score (nSPS) is 13.7. The predicted octanol–water partition coefficient (Wildman–Crippen LogP) is 2.64. The standard InChI is InChI=1S/C37H57N5O6/c1-27(2)23-30(35(44)40-32(17-11-12-18-38)37(46)42(19-21-47-3)20-22-48-4)26-34(43)33(25-29-15-9-6-10-16-29)41-36(45)31(39)24-28-13-7-5-8-14-28/h5-10,13-16,27,30-33H,11-12,17-26,38-39H2,1-4H3,(H,40,44)(H,41,45)/t30-,31+,32+,33+/m0/s1. The Morgan fingerprint density at radius 2 is 1.31 bits per heavy atom. The molecule has 0 aliphatic carbocycles. The van der Waals surface area contributed by atoms with Crippen LogP contribution < -0.4 is 22.1 Å². The SMILES string of the molecule is COCCN(CCOC)C(=O)[C@@H](CCCCN)NC(=O)[C@H](CC(=O)[C@@H](Cc1ccccc1)NC(=O)[C@H](N)Cc1ccccc1)CC(C)C. The second kappa shape index (κ2) is 22.8. The maximum absolute atomic E-state index is 14.0. The van der Waals surface area contributed by atoms with Gasteiger partial charge in [-0.25, -0.2) is 0 Å². The first kappa shape index (κ1) is 40.5. The van der Waals surface area contributed by atoms with Crippen molar-refractivity contribution < 1.29 is 28.7 Å². The van der Waals surface area contributed by atoms with E-state index in [-0.39, 0.29) is 36.4 Å². The summed E-state index contributed by atoms with van der Waals surface area (Å²) in [5.74, 6) is -1.91. The monoisotopic (exact) mass is 667 g/mol. The number of Topliss-reactive ketones (excluding diaryl/α,β-unsaturated/α-hetero) is 1. The van der Waals surface area contributed by atoms with Crippen molar-refractivity contribution in [3.8, 4) is 0 Å². The van der Waals surface area contributed by atoms with Gasteiger partial charge in [0.2, 0.25) is 17.7 Å². The molecule has 0 heterocycles. The van der Waals surface area contributed by atoms with Crippen molar-refractivity contribution in [2.24, 2.45) is 23.3 Å². The molecule has 11 heteroatoms. The van der Waals surface area contributed by atoms with Gasteiger partial charge in [0.1, 0.15) is 6.04 Å². The summed E-state index contributed by atoms with van der Waals surface area (Å²) in [6.07, 6.45) is 2.67. The zero-order chi connectivity index (χ0) is 35.3. The molecule has 0 spiro atoms. The molecule has 3 amide bonds. The molecule has 11 nitrogen and oxygen atoms in total. The second-order valence-corrected chi connectivity index (χ2v) is 12.7. The molecule has 2 aromatic carbocycles. The van der Waals surface area contributed by atoms with E-state index in [1.54, 1.807) is 19.1 Å². The number of carbonyl (C=O) groups is 4. The van der Waals surface area contributed by atoms with Crippen LogP contribution in [0.25, 0.3) is 0 Å². The van der Waals surface area contributed by atoms with Crippen molar-refractivity contribution in [1.29, 1.82) is 0 Å². The summed E-state index contributed by atoms with van der Waals surface area (Å²) in [6, 6.07) is 16.3. The zero-order valence-corrected chi connectivity index (χ0v) is 29.2. The Hall–Kier alpha value is -3.64. The molecule has 266 valence electrons. The van der Waals surface area contributed by atoms with Gasteiger partial charge in [-0.1, -0.05) is 74.5 Å². The average molecular weight is 668 g/mol. The fraction of sp³-hybridized carbons (Fsp3) is 0.568. The fourth-order valence-corrected chi connectivity index (χ4v) is 5.57. The van der Waals surface area contributed by atoms with Gasteiger partial charge in [-0.15, -0.1) is 0 Å². The Kier molecular flexibility index (Phi) is 19.3. The van der Waals surface area contributed by atoms with Crippen LogP contribution >= 0.6 is 0 Å². The Labute approximate surface area is 286 Å². The number of benzene rings is 2. The quantitative estimate of drug-likeness (QED) is 0.124. The number of unbranched alkanes of at least 4 members (excludes halogenated alkanes) is 1. The van der Waals surface area contributed by atoms with E-state index in [4.69, 9.17) is 20.9 Å². The highest BCUT2D eigenvalue weighted by Gasteiger charge is 2.32. The van der Waals surface area contributed by atoms with E-state index in [1.807, 2.05) is 74.5 Å². The first-order valence-electron chi connectivity index (χ1n) is 17.0. The summed E-state index contributed by atoms with van der Waals surface area (Å²) in [7, 11) is 3.13. The summed E-state index contributed by atoms with van der Waals surface area (Å²) in [5.41, 5.74) is 13.8. The first-order valence-corrected chi connectivity index (χ1v) is 17.0. The lowest BCUT2D eigenvalue weighted by Gasteiger charge is -2.29. The third-order valence-electron chi connectivity index (χ3n) is 8.20. The van der Waals surface area contributed by atoms with Gasteiger partial charge in [-0.05, 0) is 62.1 Å². The van der Waals surface area contributed by atoms with Gasteiger partial charge >= 0.3 is 0 Å². The number of amides is 3. The molecule has 0 saturated carbocycles. The van der Waals surface area contributed by atoms with E-state index < -0.39 is 30.0 Å². The highest BCUT2D eigenvalue weighted by Crippen LogP contribution is 2.20. The number of ether oxygens (including phenoxy) is 2. The van der Waals surface area contributed by atoms with Crippen molar-refractivity contribution in [3.05, 3.63) is 71.8 Å². The van der Waals surface area contributed by atoms with Crippen LogP contribution in [0, 0.1) is 11.8 Å². The maximum Gasteiger partial charge on any atom is 0.245 e. The Morgan fingerprint density at radius 1 is 0.771 bits per heavy atom. The number of nitrogens with zero attached hydrogens (tertiary/aromatic N) is 1. The van der Waals surface area contributed by atoms with Crippen molar-refractivity contribution in [3.63, 3.8) is 0 Å². The second-order valence-electron chi connectivity index (χ2n) is 12.7. The van der Waals surface area contributed by atoms with Crippen LogP contribution in [0.4, 0.5) is 0 Å². The Balaban J connectivity index is 2.28. The molecule has 0 fully saturated rings. The molecular formula is C37H57N5O6. The highest BCUT2D eigenvalue weighted by molar-refractivity contribution is 5.95. The summed E-state index contributed by atoms with van der Waals surface area (Å²) in [5, 5.41) is 5.87. The van der Waals surface area contributed by atoms with Crippen LogP contribution in [0.1, 0.15) is 57.1 Å². The fourth-order valence-electron chi connectivity index (χ4n) is 5.57. The minimum Gasteiger partial charge on any atom is -0.383 e. The van der Waals surface area contributed by atoms with Crippen LogP contribution in [0.5, 0.6) is 0 Å². The largest absolute Gasteiger partial charge is 0.383 e. The molecule has 0 aliphatic heterocycles. The molecule has 4 atom stereocenters. The van der Waals surface area contributed by atoms with Crippen LogP contribution in [0.15, 0.2) is 60.7 Å². The smallest absolute Gasteiger partial charge is 0.245 e. The molecule has 0 aromatic heterocycles. The van der Waals surface area contributed by atoms with E-state index in [9.17, 15) is 19.2 Å². The molecule has 0 radical (unpaired) electrons. The Morgan fingerprint density at radius 3 is 1.83 bits per heavy atom. The minimum absolute atomic E-state index is 0.0984. The van der Waals surface area contributed by atoms with Crippen LogP contribution in [-0.2, 0) is 41.5 Å². The van der Waals surface area contributed by atoms with Crippen LogP contribution in [-0.4, -0.2) is 93.6 Å². The lowest BCUT2D eigenvalue weighted by atomic mass is 9.88. The highest BCUT2D eigenvalue weighted by atomic mass is 16.5. The van der Waals surface area contributed by atoms with E-state index in [1.165, 1.54) is 0 Å². The van der Waals surface area contributed by atoms with E-state index in [2.05, 4.69) is 10.6 Å². The molecule has 48 heavy (non-hydrogen) atoms. The van der Waals surface area contributed by atoms with E-state index >= 15 is 0 Å². The van der Waals surface area contributed by atoms with Crippen molar-refractivity contribution in [2.45, 2.75) is 76.9 Å². The van der Waals surface area contributed by atoms with Crippen LogP contribution in [0.2, 0.25) is 0 Å². The molecule has 2 aromatic rings. The number of rotatable bonds is 24. The number of ketones is 1. The third-order valence-corrected chi connectivity index (χ3v) is 8.20. The predicted molar refractivity (Wildman–Crippen MR) is 188 cm³/mol. The molecule has 2 rings (SSSR count). The minimum atomic E-state index is -0.884. The average Bonchev–Trinajstić information content (AvgIpc) is 3.07. The number of hydrogen-bond acceptors (Lipinski definition) is 8. The van der Waals surface area contributed by atoms with Gasteiger partial charge in [0, 0.05) is 39.6 Å². The van der Waals surface area contributed by atoms with Gasteiger partial charge in [-0.3, -0.25) is 19.2 Å². The van der Waals surface area contributed by atoms with Crippen molar-refractivity contribution in [2.75, 3.05) is 47.1 Å². The third kappa shape index (κ3) is 15.1. The van der Waals surface area contributed by atoms with E-state index in [0.29, 0.717) is 65.0 Å². The number of nitrogens with two attached hydrogens (primary N) is 2. The van der Waals surface area contributed by atoms with Gasteiger partial charge < -0.3 is 36.5 Å². The molecule has 0 saturated heterocycles. The zero-order valence-electron chi connectivity index (χ0n) is 29.2. The molecule has 6 N–H and O–H groups in total. The first-order chi connectivity index (χ1) is 23.1. The Bertz CT molecular complexity index is 1220. The number of nitrogens with one attached hydrogen (secondary N) is 2. The number of hydrogen-bond donors (Lipinski definition) is 4. The van der Waals surface area contributed by atoms with Crippen LogP contribution in [0.3, 0.4) is 0 Å². The van der Waals surface area contributed by atoms with Gasteiger partial charge in [0.15, 0.2) is 5.78 Å². The summed E-state index contributed by atoms with van der Waals surface area (Å²) >= 11 is 0. The lowest BCUT2D eigenvalue weighted by molar-refractivity contribution is -0.139. The van der Waals surface area contributed by atoms with Gasteiger partial charge in [0.25, 0.3) is 0 Å². The molecule has 0 unspecified atom stereocenters. The summed E-state index contributed by atoms with van der Waals surface area (Å²) in [4.78, 5) is 56.5. The lowest BCUT2D eigenvalue weighted by Crippen LogP contribution is -2.52. The van der Waals surface area contributed by atoms with Gasteiger partial charge in [-0.2, -0.15) is 0 Å². The molecular weight excluding hydrogens is 610 g/mol. The topological polar surface area (TPSA) is 166 Å². The number of methoxy groups -OCH3 is 2.